The number of sulfonamides is 1. The zero-order chi connectivity index (χ0) is 29.1. The van der Waals surface area contributed by atoms with E-state index in [1.54, 1.807) is 24.3 Å². The molecule has 0 aliphatic carbocycles. The highest BCUT2D eigenvalue weighted by Crippen LogP contribution is 2.23. The van der Waals surface area contributed by atoms with Crippen LogP contribution in [0.2, 0.25) is 0 Å². The summed E-state index contributed by atoms with van der Waals surface area (Å²) >= 11 is 0. The van der Waals surface area contributed by atoms with E-state index in [0.717, 1.165) is 23.8 Å². The summed E-state index contributed by atoms with van der Waals surface area (Å²) in [4.78, 5) is 28.7. The molecule has 0 saturated heterocycles. The molecule has 3 rings (SSSR count). The molecule has 3 aromatic carbocycles. The third-order valence-electron chi connectivity index (χ3n) is 6.62. The quantitative estimate of drug-likeness (QED) is 0.302. The van der Waals surface area contributed by atoms with Crippen LogP contribution in [0.5, 0.6) is 0 Å². The molecule has 0 bridgehead atoms. The van der Waals surface area contributed by atoms with Crippen LogP contribution >= 0.6 is 0 Å². The Bertz CT molecular complexity index is 1360. The average molecular weight is 568 g/mol. The summed E-state index contributed by atoms with van der Waals surface area (Å²) < 4.78 is 40.1. The topological polar surface area (TPSA) is 86.8 Å². The van der Waals surface area contributed by atoms with E-state index < -0.39 is 16.1 Å². The van der Waals surface area contributed by atoms with Crippen molar-refractivity contribution >= 4 is 27.5 Å². The van der Waals surface area contributed by atoms with E-state index in [1.165, 1.54) is 21.3 Å². The van der Waals surface area contributed by atoms with Crippen LogP contribution in [-0.2, 0) is 32.6 Å². The molecule has 2 amide bonds. The maximum atomic E-state index is 13.8. The first kappa shape index (κ1) is 30.8. The van der Waals surface area contributed by atoms with Gasteiger partial charge in [-0.2, -0.15) is 0 Å². The first-order chi connectivity index (χ1) is 19.1. The van der Waals surface area contributed by atoms with Crippen molar-refractivity contribution in [3.05, 3.63) is 101 Å². The van der Waals surface area contributed by atoms with Crippen LogP contribution in [0.3, 0.4) is 0 Å². The molecule has 9 heteroatoms. The van der Waals surface area contributed by atoms with Gasteiger partial charge in [-0.1, -0.05) is 67.6 Å². The third-order valence-corrected chi connectivity index (χ3v) is 7.80. The van der Waals surface area contributed by atoms with Gasteiger partial charge in [-0.25, -0.2) is 12.8 Å². The average Bonchev–Trinajstić information content (AvgIpc) is 2.93. The Hall–Kier alpha value is -3.72. The van der Waals surface area contributed by atoms with Crippen LogP contribution < -0.4 is 9.62 Å². The highest BCUT2D eigenvalue weighted by atomic mass is 32.2. The minimum atomic E-state index is -3.58. The Labute approximate surface area is 237 Å². The normalized spacial score (nSPS) is 12.0. The van der Waals surface area contributed by atoms with E-state index in [-0.39, 0.29) is 43.6 Å². The van der Waals surface area contributed by atoms with Crippen molar-refractivity contribution in [3.8, 4) is 0 Å². The van der Waals surface area contributed by atoms with E-state index >= 15 is 0 Å². The van der Waals surface area contributed by atoms with E-state index in [0.29, 0.717) is 24.2 Å². The van der Waals surface area contributed by atoms with Gasteiger partial charge >= 0.3 is 0 Å². The van der Waals surface area contributed by atoms with Crippen molar-refractivity contribution in [2.75, 3.05) is 23.7 Å². The van der Waals surface area contributed by atoms with E-state index in [2.05, 4.69) is 5.32 Å². The monoisotopic (exact) mass is 567 g/mol. The Morgan fingerprint density at radius 1 is 0.925 bits per heavy atom. The highest BCUT2D eigenvalue weighted by molar-refractivity contribution is 7.92. The molecule has 0 saturated carbocycles. The number of nitrogens with zero attached hydrogens (tertiary/aromatic N) is 2. The maximum absolute atomic E-state index is 13.8. The zero-order valence-electron chi connectivity index (χ0n) is 23.3. The summed E-state index contributed by atoms with van der Waals surface area (Å²) in [7, 11) is -3.58. The fraction of sp³-hybridized carbons (Fsp3) is 0.355. The summed E-state index contributed by atoms with van der Waals surface area (Å²) in [6, 6.07) is 21.7. The fourth-order valence-corrected chi connectivity index (χ4v) is 5.56. The van der Waals surface area contributed by atoms with Gasteiger partial charge in [0.2, 0.25) is 21.8 Å². The van der Waals surface area contributed by atoms with Crippen molar-refractivity contribution in [1.29, 1.82) is 0 Å². The second-order valence-electron chi connectivity index (χ2n) is 9.87. The van der Waals surface area contributed by atoms with Gasteiger partial charge in [0.25, 0.3) is 0 Å². The number of halogens is 1. The predicted octanol–water partition coefficient (Wildman–Crippen LogP) is 4.85. The zero-order valence-corrected chi connectivity index (χ0v) is 24.2. The lowest BCUT2D eigenvalue weighted by atomic mass is 10.0. The SMILES string of the molecule is CCCNC(=O)[C@@H](Cc1ccccc1)N(Cc1ccc(F)cc1)C(=O)CCCN(c1ccccc1C)S(C)(=O)=O. The molecule has 0 aliphatic rings. The van der Waals surface area contributed by atoms with Crippen molar-refractivity contribution in [1.82, 2.24) is 10.2 Å². The van der Waals surface area contributed by atoms with Gasteiger partial charge in [0, 0.05) is 32.5 Å². The number of rotatable bonds is 14. The molecular formula is C31H38FN3O4S. The minimum absolute atomic E-state index is 0.0332. The summed E-state index contributed by atoms with van der Waals surface area (Å²) in [5, 5.41) is 2.92. The highest BCUT2D eigenvalue weighted by Gasteiger charge is 2.30. The number of amides is 2. The van der Waals surface area contributed by atoms with Crippen LogP contribution in [0.1, 0.15) is 42.9 Å². The molecule has 214 valence electrons. The second-order valence-corrected chi connectivity index (χ2v) is 11.8. The first-order valence-electron chi connectivity index (χ1n) is 13.5. The number of hydrogen-bond acceptors (Lipinski definition) is 4. The first-order valence-corrected chi connectivity index (χ1v) is 15.3. The Kier molecular flexibility index (Phi) is 11.3. The second kappa shape index (κ2) is 14.6. The number of anilines is 1. The lowest BCUT2D eigenvalue weighted by Gasteiger charge is -2.32. The molecule has 0 fully saturated rings. The van der Waals surface area contributed by atoms with Crippen LogP contribution in [0.15, 0.2) is 78.9 Å². The minimum Gasteiger partial charge on any atom is -0.354 e. The van der Waals surface area contributed by atoms with E-state index in [1.807, 2.05) is 56.3 Å². The summed E-state index contributed by atoms with van der Waals surface area (Å²) in [6.45, 7) is 4.50. The number of aryl methyl sites for hydroxylation is 1. The Morgan fingerprint density at radius 2 is 1.57 bits per heavy atom. The molecule has 0 aliphatic heterocycles. The number of carbonyl (C=O) groups is 2. The smallest absolute Gasteiger partial charge is 0.243 e. The predicted molar refractivity (Wildman–Crippen MR) is 157 cm³/mol. The maximum Gasteiger partial charge on any atom is 0.243 e. The van der Waals surface area contributed by atoms with Crippen LogP contribution in [0, 0.1) is 12.7 Å². The lowest BCUT2D eigenvalue weighted by molar-refractivity contribution is -0.141. The van der Waals surface area contributed by atoms with Gasteiger partial charge in [0.15, 0.2) is 0 Å². The van der Waals surface area contributed by atoms with Gasteiger partial charge in [0.05, 0.1) is 11.9 Å². The van der Waals surface area contributed by atoms with Crippen LogP contribution in [0.4, 0.5) is 10.1 Å². The van der Waals surface area contributed by atoms with Gasteiger partial charge < -0.3 is 10.2 Å². The largest absolute Gasteiger partial charge is 0.354 e. The number of hydrogen-bond donors (Lipinski definition) is 1. The molecule has 1 atom stereocenters. The van der Waals surface area contributed by atoms with Crippen molar-refractivity contribution in [2.24, 2.45) is 0 Å². The third kappa shape index (κ3) is 8.91. The fourth-order valence-electron chi connectivity index (χ4n) is 4.53. The molecule has 0 radical (unpaired) electrons. The van der Waals surface area contributed by atoms with Gasteiger partial charge in [-0.3, -0.25) is 13.9 Å². The molecule has 1 N–H and O–H groups in total. The molecule has 40 heavy (non-hydrogen) atoms. The van der Waals surface area contributed by atoms with E-state index in [4.69, 9.17) is 0 Å². The summed E-state index contributed by atoms with van der Waals surface area (Å²) in [5.41, 5.74) is 2.97. The number of para-hydroxylation sites is 1. The molecule has 0 spiro atoms. The lowest BCUT2D eigenvalue weighted by Crippen LogP contribution is -2.50. The number of benzene rings is 3. The van der Waals surface area contributed by atoms with Crippen LogP contribution in [-0.4, -0.2) is 50.5 Å². The van der Waals surface area contributed by atoms with Gasteiger partial charge in [-0.15, -0.1) is 0 Å². The number of carbonyl (C=O) groups excluding carboxylic acids is 2. The summed E-state index contributed by atoms with van der Waals surface area (Å²) in [6.07, 6.45) is 2.49. The van der Waals surface area contributed by atoms with Crippen LogP contribution in [0.25, 0.3) is 0 Å². The molecule has 3 aromatic rings. The molecular weight excluding hydrogens is 529 g/mol. The Balaban J connectivity index is 1.87. The molecule has 7 nitrogen and oxygen atoms in total. The van der Waals surface area contributed by atoms with Crippen molar-refractivity contribution < 1.29 is 22.4 Å². The molecule has 0 aromatic heterocycles. The summed E-state index contributed by atoms with van der Waals surface area (Å²) in [5.74, 6) is -0.936. The van der Waals surface area contributed by atoms with Crippen molar-refractivity contribution in [2.45, 2.75) is 52.1 Å². The van der Waals surface area contributed by atoms with Gasteiger partial charge in [0.1, 0.15) is 11.9 Å². The van der Waals surface area contributed by atoms with E-state index in [9.17, 15) is 22.4 Å². The standard InChI is InChI=1S/C31H38FN3O4S/c1-4-20-33-31(37)29(22-25-12-6-5-7-13-25)34(23-26-16-18-27(32)19-17-26)30(36)15-10-21-35(40(3,38)39)28-14-9-8-11-24(28)2/h5-9,11-14,16-19,29H,4,10,15,20-23H2,1-3H3,(H,33,37)/t29-/m1/s1. The molecule has 0 unspecified atom stereocenters. The van der Waals surface area contributed by atoms with Crippen molar-refractivity contribution in [3.63, 3.8) is 0 Å². The molecule has 0 heterocycles. The Morgan fingerprint density at radius 3 is 2.20 bits per heavy atom. The van der Waals surface area contributed by atoms with Gasteiger partial charge in [-0.05, 0) is 54.7 Å². The number of nitrogens with one attached hydrogen (secondary N) is 1.